The number of pyridine rings is 1. The van der Waals surface area contributed by atoms with E-state index in [-0.39, 0.29) is 12.1 Å². The summed E-state index contributed by atoms with van der Waals surface area (Å²) < 4.78 is 12.4. The highest BCUT2D eigenvalue weighted by molar-refractivity contribution is 5.82. The summed E-state index contributed by atoms with van der Waals surface area (Å²) in [6.07, 6.45) is 5.36. The Bertz CT molecular complexity index is 1480. The van der Waals surface area contributed by atoms with E-state index in [0.29, 0.717) is 12.8 Å². The van der Waals surface area contributed by atoms with Gasteiger partial charge in [0.25, 0.3) is 0 Å². The van der Waals surface area contributed by atoms with Gasteiger partial charge in [-0.2, -0.15) is 0 Å². The lowest BCUT2D eigenvalue weighted by atomic mass is 9.71. The van der Waals surface area contributed by atoms with Gasteiger partial charge in [0.1, 0.15) is 11.2 Å². The first kappa shape index (κ1) is 26.5. The van der Waals surface area contributed by atoms with Gasteiger partial charge in [0.15, 0.2) is 0 Å². The minimum absolute atomic E-state index is 0.227. The van der Waals surface area contributed by atoms with Crippen LogP contribution >= 0.6 is 0 Å². The van der Waals surface area contributed by atoms with Gasteiger partial charge in [-0.1, -0.05) is 54.6 Å². The second kappa shape index (κ2) is 10.6. The number of aromatic nitrogens is 2. The van der Waals surface area contributed by atoms with Crippen LogP contribution in [0.15, 0.2) is 72.9 Å². The van der Waals surface area contributed by atoms with E-state index >= 15 is 0 Å². The SMILES string of the molecule is COC(=O)CCc1ccn2c(-c3ccccc3)c(-c3ccc(C4(NC(=O)OC(C)(C)C)CCC4)cc3)nc2c1. The smallest absolute Gasteiger partial charge is 0.408 e. The maximum atomic E-state index is 12.6. The Morgan fingerprint density at radius 1 is 1.00 bits per heavy atom. The Hall–Kier alpha value is -4.13. The van der Waals surface area contributed by atoms with E-state index in [1.54, 1.807) is 0 Å². The van der Waals surface area contributed by atoms with Crippen LogP contribution in [0.4, 0.5) is 4.79 Å². The molecule has 0 aliphatic heterocycles. The molecule has 2 heterocycles. The number of nitrogens with zero attached hydrogens (tertiary/aromatic N) is 2. The number of carbonyl (C=O) groups excluding carboxylic acids is 2. The first-order valence-corrected chi connectivity index (χ1v) is 13.4. The Labute approximate surface area is 229 Å². The molecule has 1 aliphatic rings. The number of benzene rings is 2. The molecule has 1 amide bonds. The maximum absolute atomic E-state index is 12.6. The van der Waals surface area contributed by atoms with Crippen molar-refractivity contribution in [3.63, 3.8) is 0 Å². The fourth-order valence-electron chi connectivity index (χ4n) is 5.13. The summed E-state index contributed by atoms with van der Waals surface area (Å²) in [6.45, 7) is 5.61. The van der Waals surface area contributed by atoms with Crippen LogP contribution in [0.2, 0.25) is 0 Å². The number of imidazole rings is 1. The number of methoxy groups -OCH3 is 1. The predicted molar refractivity (Wildman–Crippen MR) is 151 cm³/mol. The molecular weight excluding hydrogens is 490 g/mol. The monoisotopic (exact) mass is 525 g/mol. The Morgan fingerprint density at radius 3 is 2.33 bits per heavy atom. The molecule has 0 unspecified atom stereocenters. The average Bonchev–Trinajstić information content (AvgIpc) is 3.28. The quantitative estimate of drug-likeness (QED) is 0.272. The van der Waals surface area contributed by atoms with E-state index in [4.69, 9.17) is 14.5 Å². The van der Waals surface area contributed by atoms with Gasteiger partial charge in [0, 0.05) is 23.7 Å². The number of alkyl carbamates (subject to hydrolysis) is 1. The van der Waals surface area contributed by atoms with Crippen LogP contribution in [0.5, 0.6) is 0 Å². The molecule has 5 rings (SSSR count). The number of rotatable bonds is 7. The van der Waals surface area contributed by atoms with E-state index < -0.39 is 11.1 Å². The molecule has 0 spiro atoms. The van der Waals surface area contributed by atoms with Crippen molar-refractivity contribution < 1.29 is 19.1 Å². The van der Waals surface area contributed by atoms with Gasteiger partial charge < -0.3 is 14.8 Å². The van der Waals surface area contributed by atoms with Crippen molar-refractivity contribution in [2.45, 2.75) is 64.0 Å². The number of hydrogen-bond donors (Lipinski definition) is 1. The molecule has 7 nitrogen and oxygen atoms in total. The van der Waals surface area contributed by atoms with E-state index in [1.807, 2.05) is 57.3 Å². The minimum atomic E-state index is -0.547. The fraction of sp³-hybridized carbons (Fsp3) is 0.344. The van der Waals surface area contributed by atoms with Gasteiger partial charge in [-0.15, -0.1) is 0 Å². The van der Waals surface area contributed by atoms with E-state index in [1.165, 1.54) is 7.11 Å². The first-order chi connectivity index (χ1) is 18.7. The summed E-state index contributed by atoms with van der Waals surface area (Å²) in [5, 5.41) is 3.14. The third-order valence-corrected chi connectivity index (χ3v) is 7.24. The topological polar surface area (TPSA) is 81.9 Å². The lowest BCUT2D eigenvalue weighted by Crippen LogP contribution is -2.52. The lowest BCUT2D eigenvalue weighted by molar-refractivity contribution is -0.140. The second-order valence-corrected chi connectivity index (χ2v) is 11.2. The van der Waals surface area contributed by atoms with Crippen LogP contribution in [-0.4, -0.2) is 34.2 Å². The molecule has 7 heteroatoms. The Balaban J connectivity index is 1.49. The van der Waals surface area contributed by atoms with E-state index in [9.17, 15) is 9.59 Å². The molecule has 39 heavy (non-hydrogen) atoms. The number of hydrogen-bond acceptors (Lipinski definition) is 5. The van der Waals surface area contributed by atoms with E-state index in [2.05, 4.69) is 46.1 Å². The van der Waals surface area contributed by atoms with Gasteiger partial charge in [0.05, 0.1) is 24.0 Å². The van der Waals surface area contributed by atoms with Crippen molar-refractivity contribution in [2.24, 2.45) is 0 Å². The molecule has 202 valence electrons. The standard InChI is InChI=1S/C32H35N3O4/c1-31(2,3)39-30(37)34-32(18-8-19-32)25-14-12-23(13-15-25)28-29(24-9-6-5-7-10-24)35-20-17-22(21-26(35)33-28)11-16-27(36)38-4/h5-7,9-10,12-15,17,20-21H,8,11,16,18-19H2,1-4H3,(H,34,37). The molecule has 4 aromatic rings. The number of esters is 1. The highest BCUT2D eigenvalue weighted by Gasteiger charge is 2.41. The molecule has 2 aromatic heterocycles. The van der Waals surface area contributed by atoms with Crippen LogP contribution in [0, 0.1) is 0 Å². The molecule has 1 N–H and O–H groups in total. The fourth-order valence-corrected chi connectivity index (χ4v) is 5.13. The van der Waals surface area contributed by atoms with Crippen LogP contribution in [0.1, 0.15) is 57.6 Å². The molecule has 0 radical (unpaired) electrons. The summed E-state index contributed by atoms with van der Waals surface area (Å²) in [5.74, 6) is -0.227. The first-order valence-electron chi connectivity index (χ1n) is 13.4. The van der Waals surface area contributed by atoms with Gasteiger partial charge in [-0.25, -0.2) is 9.78 Å². The summed E-state index contributed by atoms with van der Waals surface area (Å²) in [4.78, 5) is 29.3. The minimum Gasteiger partial charge on any atom is -0.469 e. The summed E-state index contributed by atoms with van der Waals surface area (Å²) in [7, 11) is 1.41. The van der Waals surface area contributed by atoms with Gasteiger partial charge in [0.2, 0.25) is 0 Å². The number of amides is 1. The maximum Gasteiger partial charge on any atom is 0.408 e. The molecule has 1 aliphatic carbocycles. The Morgan fingerprint density at radius 2 is 1.72 bits per heavy atom. The van der Waals surface area contributed by atoms with Crippen molar-refractivity contribution in [3.05, 3.63) is 84.1 Å². The molecule has 0 saturated heterocycles. The molecule has 0 bridgehead atoms. The van der Waals surface area contributed by atoms with Gasteiger partial charge >= 0.3 is 12.1 Å². The third-order valence-electron chi connectivity index (χ3n) is 7.24. The summed E-state index contributed by atoms with van der Waals surface area (Å²) >= 11 is 0. The zero-order valence-corrected chi connectivity index (χ0v) is 23.0. The van der Waals surface area contributed by atoms with Crippen molar-refractivity contribution in [3.8, 4) is 22.5 Å². The number of aryl methyl sites for hydroxylation is 1. The van der Waals surface area contributed by atoms with Crippen LogP contribution in [0.25, 0.3) is 28.2 Å². The van der Waals surface area contributed by atoms with Crippen molar-refractivity contribution in [1.29, 1.82) is 0 Å². The number of fused-ring (bicyclic) bond motifs is 1. The van der Waals surface area contributed by atoms with Gasteiger partial charge in [-0.05, 0) is 69.7 Å². The van der Waals surface area contributed by atoms with Gasteiger partial charge in [-0.3, -0.25) is 9.20 Å². The zero-order chi connectivity index (χ0) is 27.6. The third kappa shape index (κ3) is 5.67. The molecule has 2 aromatic carbocycles. The predicted octanol–water partition coefficient (Wildman–Crippen LogP) is 6.68. The van der Waals surface area contributed by atoms with E-state index in [0.717, 1.165) is 58.6 Å². The molecule has 0 atom stereocenters. The number of carbonyl (C=O) groups is 2. The second-order valence-electron chi connectivity index (χ2n) is 11.2. The zero-order valence-electron chi connectivity index (χ0n) is 23.0. The normalized spacial score (nSPS) is 14.5. The summed E-state index contributed by atoms with van der Waals surface area (Å²) in [6, 6.07) is 22.6. The van der Waals surface area contributed by atoms with Crippen molar-refractivity contribution in [1.82, 2.24) is 14.7 Å². The van der Waals surface area contributed by atoms with Crippen LogP contribution < -0.4 is 5.32 Å². The number of ether oxygens (including phenoxy) is 2. The van der Waals surface area contributed by atoms with Crippen molar-refractivity contribution >= 4 is 17.7 Å². The molecule has 1 fully saturated rings. The summed E-state index contributed by atoms with van der Waals surface area (Å²) in [5.41, 5.74) is 5.89. The van der Waals surface area contributed by atoms with Crippen LogP contribution in [-0.2, 0) is 26.2 Å². The Kier molecular flexibility index (Phi) is 7.17. The number of nitrogens with one attached hydrogen (secondary N) is 1. The van der Waals surface area contributed by atoms with Crippen molar-refractivity contribution in [2.75, 3.05) is 7.11 Å². The lowest BCUT2D eigenvalue weighted by Gasteiger charge is -2.43. The van der Waals surface area contributed by atoms with Crippen LogP contribution in [0.3, 0.4) is 0 Å². The molecule has 1 saturated carbocycles. The largest absolute Gasteiger partial charge is 0.469 e. The molecular formula is C32H35N3O4. The highest BCUT2D eigenvalue weighted by Crippen LogP contribution is 2.42. The average molecular weight is 526 g/mol. The highest BCUT2D eigenvalue weighted by atomic mass is 16.6.